The maximum absolute atomic E-state index is 12.4. The molecule has 0 aromatic heterocycles. The number of carbonyl (C=O) groups is 2. The van der Waals surface area contributed by atoms with E-state index < -0.39 is 11.8 Å². The van der Waals surface area contributed by atoms with Gasteiger partial charge in [0, 0.05) is 32.2 Å². The number of piperazine rings is 1. The summed E-state index contributed by atoms with van der Waals surface area (Å²) in [5, 5.41) is 0. The lowest BCUT2D eigenvalue weighted by Crippen LogP contribution is -2.59. The molecule has 1 heterocycles. The van der Waals surface area contributed by atoms with Crippen LogP contribution in [-0.2, 0) is 22.6 Å². The van der Waals surface area contributed by atoms with Gasteiger partial charge in [-0.1, -0.05) is 60.7 Å². The number of nitrogens with zero attached hydrogens (tertiary/aromatic N) is 2. The average molecular weight is 352 g/mol. The van der Waals surface area contributed by atoms with E-state index in [1.165, 1.54) is 5.56 Å². The number of nitrogens with one attached hydrogen (secondary N) is 1. The van der Waals surface area contributed by atoms with Crippen LogP contribution < -0.4 is 11.3 Å². The van der Waals surface area contributed by atoms with Crippen LogP contribution in [0.2, 0.25) is 0 Å². The highest BCUT2D eigenvalue weighted by Crippen LogP contribution is 2.17. The predicted octanol–water partition coefficient (Wildman–Crippen LogP) is 0.932. The van der Waals surface area contributed by atoms with E-state index in [-0.39, 0.29) is 6.04 Å². The van der Waals surface area contributed by atoms with Crippen LogP contribution in [0.1, 0.15) is 11.1 Å². The minimum atomic E-state index is -0.764. The number of carbonyl (C=O) groups excluding carboxylic acids is 2. The van der Waals surface area contributed by atoms with Crippen molar-refractivity contribution < 1.29 is 9.59 Å². The molecule has 3 rings (SSSR count). The third-order valence-corrected chi connectivity index (χ3v) is 4.72. The molecule has 1 saturated heterocycles. The maximum atomic E-state index is 12.4. The molecule has 1 fully saturated rings. The molecule has 0 aliphatic carbocycles. The van der Waals surface area contributed by atoms with E-state index in [4.69, 9.17) is 5.84 Å². The topological polar surface area (TPSA) is 78.7 Å². The molecule has 2 amide bonds. The van der Waals surface area contributed by atoms with E-state index in [1.54, 1.807) is 4.90 Å². The molecule has 0 spiro atoms. The van der Waals surface area contributed by atoms with Gasteiger partial charge in [-0.3, -0.25) is 19.9 Å². The van der Waals surface area contributed by atoms with E-state index in [0.717, 1.165) is 18.7 Å². The molecule has 1 aliphatic heterocycles. The van der Waals surface area contributed by atoms with Crippen molar-refractivity contribution in [3.05, 3.63) is 71.8 Å². The summed E-state index contributed by atoms with van der Waals surface area (Å²) in [6, 6.07) is 20.2. The second-order valence-electron chi connectivity index (χ2n) is 6.54. The molecule has 0 saturated carbocycles. The van der Waals surface area contributed by atoms with E-state index in [0.29, 0.717) is 19.5 Å². The van der Waals surface area contributed by atoms with Gasteiger partial charge in [0.2, 0.25) is 0 Å². The van der Waals surface area contributed by atoms with Crippen LogP contribution in [0.5, 0.6) is 0 Å². The maximum Gasteiger partial charge on any atom is 0.323 e. The molecule has 0 bridgehead atoms. The van der Waals surface area contributed by atoms with Gasteiger partial charge >= 0.3 is 11.8 Å². The second kappa shape index (κ2) is 8.60. The van der Waals surface area contributed by atoms with Crippen LogP contribution in [0, 0.1) is 0 Å². The van der Waals surface area contributed by atoms with Gasteiger partial charge in [-0.05, 0) is 17.5 Å². The Bertz CT molecular complexity index is 736. The zero-order valence-electron chi connectivity index (χ0n) is 14.7. The van der Waals surface area contributed by atoms with E-state index in [9.17, 15) is 9.59 Å². The molecule has 6 nitrogen and oxygen atoms in total. The lowest BCUT2D eigenvalue weighted by Gasteiger charge is -2.41. The van der Waals surface area contributed by atoms with Crippen LogP contribution in [0.4, 0.5) is 0 Å². The highest BCUT2D eigenvalue weighted by molar-refractivity contribution is 6.34. The summed E-state index contributed by atoms with van der Waals surface area (Å²) >= 11 is 0. The SMILES string of the molecule is NNC(=O)C(=O)N1CCN(Cc2ccccc2)CC1Cc1ccccc1. The molecule has 0 radical (unpaired) electrons. The lowest BCUT2D eigenvalue weighted by atomic mass is 10.0. The Balaban J connectivity index is 1.74. The highest BCUT2D eigenvalue weighted by atomic mass is 16.2. The van der Waals surface area contributed by atoms with Crippen molar-refractivity contribution in [2.24, 2.45) is 5.84 Å². The fourth-order valence-corrected chi connectivity index (χ4v) is 3.43. The van der Waals surface area contributed by atoms with Crippen LogP contribution >= 0.6 is 0 Å². The van der Waals surface area contributed by atoms with Gasteiger partial charge in [-0.15, -0.1) is 0 Å². The van der Waals surface area contributed by atoms with Gasteiger partial charge in [0.05, 0.1) is 0 Å². The van der Waals surface area contributed by atoms with E-state index in [2.05, 4.69) is 17.0 Å². The fourth-order valence-electron chi connectivity index (χ4n) is 3.43. The quantitative estimate of drug-likeness (QED) is 0.371. The Morgan fingerprint density at radius 3 is 2.19 bits per heavy atom. The molecule has 1 unspecified atom stereocenters. The van der Waals surface area contributed by atoms with Crippen molar-refractivity contribution in [2.75, 3.05) is 19.6 Å². The number of benzene rings is 2. The molecule has 2 aromatic rings. The lowest BCUT2D eigenvalue weighted by molar-refractivity contribution is -0.149. The third kappa shape index (κ3) is 4.47. The minimum absolute atomic E-state index is 0.0698. The molecular formula is C20H24N4O2. The largest absolute Gasteiger partial charge is 0.329 e. The van der Waals surface area contributed by atoms with Crippen molar-refractivity contribution in [3.8, 4) is 0 Å². The zero-order valence-corrected chi connectivity index (χ0v) is 14.7. The number of nitrogens with two attached hydrogens (primary N) is 1. The first-order valence-corrected chi connectivity index (χ1v) is 8.79. The smallest absolute Gasteiger partial charge is 0.323 e. The summed E-state index contributed by atoms with van der Waals surface area (Å²) in [5.74, 6) is 3.82. The molecule has 6 heteroatoms. The van der Waals surface area contributed by atoms with Crippen molar-refractivity contribution in [2.45, 2.75) is 19.0 Å². The van der Waals surface area contributed by atoms with E-state index >= 15 is 0 Å². The summed E-state index contributed by atoms with van der Waals surface area (Å²) in [6.45, 7) is 2.78. The van der Waals surface area contributed by atoms with Crippen LogP contribution in [0.25, 0.3) is 0 Å². The van der Waals surface area contributed by atoms with Crippen molar-refractivity contribution >= 4 is 11.8 Å². The number of amides is 2. The van der Waals surface area contributed by atoms with E-state index in [1.807, 2.05) is 54.0 Å². The van der Waals surface area contributed by atoms with Gasteiger partial charge in [0.1, 0.15) is 0 Å². The van der Waals surface area contributed by atoms with Gasteiger partial charge in [0.15, 0.2) is 0 Å². The molecule has 1 aliphatic rings. The first kappa shape index (κ1) is 18.1. The first-order valence-electron chi connectivity index (χ1n) is 8.79. The van der Waals surface area contributed by atoms with Gasteiger partial charge in [-0.2, -0.15) is 0 Å². The monoisotopic (exact) mass is 352 g/mol. The summed E-state index contributed by atoms with van der Waals surface area (Å²) < 4.78 is 0. The Morgan fingerprint density at radius 2 is 1.58 bits per heavy atom. The number of hydrogen-bond donors (Lipinski definition) is 2. The molecule has 1 atom stereocenters. The van der Waals surface area contributed by atoms with Crippen LogP contribution in [0.3, 0.4) is 0 Å². The average Bonchev–Trinajstić information content (AvgIpc) is 2.69. The van der Waals surface area contributed by atoms with Gasteiger partial charge < -0.3 is 4.90 Å². The Labute approximate surface area is 153 Å². The molecular weight excluding hydrogens is 328 g/mol. The summed E-state index contributed by atoms with van der Waals surface area (Å²) in [6.07, 6.45) is 0.704. The zero-order chi connectivity index (χ0) is 18.4. The predicted molar refractivity (Wildman–Crippen MR) is 99.7 cm³/mol. The summed E-state index contributed by atoms with van der Waals surface area (Å²) in [5.41, 5.74) is 4.34. The standard InChI is InChI=1S/C20H24N4O2/c21-22-19(25)20(26)24-12-11-23(14-17-9-5-2-6-10-17)15-18(24)13-16-7-3-1-4-8-16/h1-10,18H,11-15,21H2,(H,22,25). The normalized spacial score (nSPS) is 17.7. The highest BCUT2D eigenvalue weighted by Gasteiger charge is 2.33. The van der Waals surface area contributed by atoms with Crippen LogP contribution in [0.15, 0.2) is 60.7 Å². The second-order valence-corrected chi connectivity index (χ2v) is 6.54. The molecule has 26 heavy (non-hydrogen) atoms. The molecule has 2 aromatic carbocycles. The van der Waals surface area contributed by atoms with Crippen molar-refractivity contribution in [3.63, 3.8) is 0 Å². The van der Waals surface area contributed by atoms with Crippen molar-refractivity contribution in [1.29, 1.82) is 0 Å². The number of hydrogen-bond acceptors (Lipinski definition) is 4. The van der Waals surface area contributed by atoms with Crippen molar-refractivity contribution in [1.82, 2.24) is 15.2 Å². The first-order chi connectivity index (χ1) is 12.7. The Kier molecular flexibility index (Phi) is 5.99. The third-order valence-electron chi connectivity index (χ3n) is 4.72. The fraction of sp³-hybridized carbons (Fsp3) is 0.300. The number of rotatable bonds is 4. The Morgan fingerprint density at radius 1 is 0.962 bits per heavy atom. The van der Waals surface area contributed by atoms with Gasteiger partial charge in [-0.25, -0.2) is 5.84 Å². The summed E-state index contributed by atoms with van der Waals surface area (Å²) in [4.78, 5) is 28.1. The van der Waals surface area contributed by atoms with Crippen LogP contribution in [-0.4, -0.2) is 47.3 Å². The van der Waals surface area contributed by atoms with Gasteiger partial charge in [0.25, 0.3) is 0 Å². The minimum Gasteiger partial charge on any atom is -0.329 e. The molecule has 136 valence electrons. The summed E-state index contributed by atoms with van der Waals surface area (Å²) in [7, 11) is 0. The Hall–Kier alpha value is -2.70. The molecule has 3 N–H and O–H groups in total. The number of hydrazine groups is 1.